The van der Waals surface area contributed by atoms with Crippen molar-refractivity contribution in [3.63, 3.8) is 0 Å². The molecule has 7 heteroatoms. The molecular formula is C7H2F4N2O. The molecule has 1 aromatic rings. The van der Waals surface area contributed by atoms with Gasteiger partial charge in [-0.15, -0.1) is 13.2 Å². The van der Waals surface area contributed by atoms with Crippen LogP contribution in [-0.2, 0) is 0 Å². The quantitative estimate of drug-likeness (QED) is 0.521. The van der Waals surface area contributed by atoms with Crippen molar-refractivity contribution in [2.75, 3.05) is 0 Å². The molecule has 0 amide bonds. The summed E-state index contributed by atoms with van der Waals surface area (Å²) in [6.45, 7) is 0. The van der Waals surface area contributed by atoms with Gasteiger partial charge in [0.1, 0.15) is 11.8 Å². The monoisotopic (exact) mass is 206 g/mol. The average Bonchev–Trinajstić information content (AvgIpc) is 2.06. The molecule has 0 fully saturated rings. The van der Waals surface area contributed by atoms with Crippen molar-refractivity contribution < 1.29 is 22.3 Å². The molecule has 1 rings (SSSR count). The summed E-state index contributed by atoms with van der Waals surface area (Å²) in [5.41, 5.74) is -0.322. The number of nitriles is 1. The van der Waals surface area contributed by atoms with E-state index < -0.39 is 18.1 Å². The molecule has 0 aromatic carbocycles. The van der Waals surface area contributed by atoms with Crippen LogP contribution in [0.2, 0.25) is 0 Å². The van der Waals surface area contributed by atoms with Crippen molar-refractivity contribution >= 4 is 0 Å². The Hall–Kier alpha value is -1.84. The number of hydrogen-bond donors (Lipinski definition) is 0. The first-order chi connectivity index (χ1) is 6.42. The molecule has 14 heavy (non-hydrogen) atoms. The molecule has 0 saturated heterocycles. The summed E-state index contributed by atoms with van der Waals surface area (Å²) in [6.07, 6.45) is -4.98. The van der Waals surface area contributed by atoms with Crippen LogP contribution in [0.25, 0.3) is 0 Å². The molecule has 0 aliphatic carbocycles. The van der Waals surface area contributed by atoms with E-state index in [0.717, 1.165) is 6.07 Å². The zero-order valence-electron chi connectivity index (χ0n) is 6.47. The largest absolute Gasteiger partial charge is 0.573 e. The standard InChI is InChI=1S/C7H2F4N2O/c8-6-5(14-7(9,10)11)2-1-4(3-12)13-6/h1-2H. The number of hydrogen-bond acceptors (Lipinski definition) is 3. The number of alkyl halides is 3. The second-order valence-electron chi connectivity index (χ2n) is 2.15. The zero-order valence-corrected chi connectivity index (χ0v) is 6.47. The van der Waals surface area contributed by atoms with Gasteiger partial charge in [-0.1, -0.05) is 0 Å². The second-order valence-corrected chi connectivity index (χ2v) is 2.15. The normalized spacial score (nSPS) is 10.8. The Morgan fingerprint density at radius 3 is 2.43 bits per heavy atom. The van der Waals surface area contributed by atoms with Gasteiger partial charge in [0, 0.05) is 0 Å². The highest BCUT2D eigenvalue weighted by atomic mass is 19.4. The first-order valence-electron chi connectivity index (χ1n) is 3.25. The van der Waals surface area contributed by atoms with Crippen LogP contribution < -0.4 is 4.74 Å². The van der Waals surface area contributed by atoms with Crippen molar-refractivity contribution in [2.24, 2.45) is 0 Å². The minimum absolute atomic E-state index is 0.322. The number of pyridine rings is 1. The highest BCUT2D eigenvalue weighted by Crippen LogP contribution is 2.24. The number of rotatable bonds is 1. The first-order valence-corrected chi connectivity index (χ1v) is 3.25. The maximum atomic E-state index is 12.7. The third-order valence-corrected chi connectivity index (χ3v) is 1.15. The fourth-order valence-electron chi connectivity index (χ4n) is 0.685. The smallest absolute Gasteiger partial charge is 0.401 e. The van der Waals surface area contributed by atoms with Gasteiger partial charge in [0.25, 0.3) is 5.95 Å². The maximum Gasteiger partial charge on any atom is 0.573 e. The van der Waals surface area contributed by atoms with Crippen LogP contribution in [0.1, 0.15) is 5.69 Å². The minimum Gasteiger partial charge on any atom is -0.401 e. The molecule has 0 aliphatic heterocycles. The van der Waals surface area contributed by atoms with Gasteiger partial charge in [-0.25, -0.2) is 4.98 Å². The summed E-state index contributed by atoms with van der Waals surface area (Å²) in [6, 6.07) is 3.08. The molecule has 1 heterocycles. The number of aromatic nitrogens is 1. The van der Waals surface area contributed by atoms with E-state index in [9.17, 15) is 17.6 Å². The van der Waals surface area contributed by atoms with Gasteiger partial charge in [0.2, 0.25) is 0 Å². The summed E-state index contributed by atoms with van der Waals surface area (Å²) in [5, 5.41) is 8.24. The minimum atomic E-state index is -4.98. The summed E-state index contributed by atoms with van der Waals surface area (Å²) >= 11 is 0. The van der Waals surface area contributed by atoms with Crippen molar-refractivity contribution in [3.05, 3.63) is 23.8 Å². The van der Waals surface area contributed by atoms with E-state index in [1.54, 1.807) is 0 Å². The highest BCUT2D eigenvalue weighted by molar-refractivity contribution is 5.27. The Morgan fingerprint density at radius 1 is 1.36 bits per heavy atom. The van der Waals surface area contributed by atoms with Crippen molar-refractivity contribution in [3.8, 4) is 11.8 Å². The first kappa shape index (κ1) is 10.2. The van der Waals surface area contributed by atoms with Crippen LogP contribution in [0.4, 0.5) is 17.6 Å². The van der Waals surface area contributed by atoms with Crippen molar-refractivity contribution in [1.29, 1.82) is 5.26 Å². The van der Waals surface area contributed by atoms with Gasteiger partial charge in [-0.2, -0.15) is 9.65 Å². The molecule has 0 spiro atoms. The van der Waals surface area contributed by atoms with Gasteiger partial charge in [0.05, 0.1) is 0 Å². The molecular weight excluding hydrogens is 204 g/mol. The lowest BCUT2D eigenvalue weighted by molar-refractivity contribution is -0.275. The zero-order chi connectivity index (χ0) is 10.8. The summed E-state index contributed by atoms with van der Waals surface area (Å²) in [7, 11) is 0. The molecule has 0 aliphatic rings. The van der Waals surface area contributed by atoms with Gasteiger partial charge >= 0.3 is 6.36 Å². The van der Waals surface area contributed by atoms with Crippen LogP contribution in [0, 0.1) is 17.3 Å². The van der Waals surface area contributed by atoms with Crippen LogP contribution in [0.15, 0.2) is 12.1 Å². The van der Waals surface area contributed by atoms with Gasteiger partial charge in [-0.05, 0) is 12.1 Å². The average molecular weight is 206 g/mol. The van der Waals surface area contributed by atoms with Crippen LogP contribution >= 0.6 is 0 Å². The van der Waals surface area contributed by atoms with E-state index in [1.165, 1.54) is 6.07 Å². The van der Waals surface area contributed by atoms with E-state index >= 15 is 0 Å². The Labute approximate surface area is 75.5 Å². The number of nitrogens with zero attached hydrogens (tertiary/aromatic N) is 2. The van der Waals surface area contributed by atoms with E-state index in [0.29, 0.717) is 6.07 Å². The summed E-state index contributed by atoms with van der Waals surface area (Å²) in [5.74, 6) is -2.53. The SMILES string of the molecule is N#Cc1ccc(OC(F)(F)F)c(F)n1. The molecule has 74 valence electrons. The van der Waals surface area contributed by atoms with Crippen LogP contribution in [0.5, 0.6) is 5.75 Å². The van der Waals surface area contributed by atoms with Crippen LogP contribution in [-0.4, -0.2) is 11.3 Å². The predicted molar refractivity (Wildman–Crippen MR) is 35.6 cm³/mol. The van der Waals surface area contributed by atoms with E-state index in [4.69, 9.17) is 5.26 Å². The Morgan fingerprint density at radius 2 is 2.00 bits per heavy atom. The van der Waals surface area contributed by atoms with Crippen LogP contribution in [0.3, 0.4) is 0 Å². The van der Waals surface area contributed by atoms with Gasteiger partial charge in [-0.3, -0.25) is 0 Å². The van der Waals surface area contributed by atoms with Gasteiger partial charge in [0.15, 0.2) is 5.75 Å². The van der Waals surface area contributed by atoms with Crippen molar-refractivity contribution in [1.82, 2.24) is 4.98 Å². The molecule has 3 nitrogen and oxygen atoms in total. The van der Waals surface area contributed by atoms with Crippen molar-refractivity contribution in [2.45, 2.75) is 6.36 Å². The molecule has 1 aromatic heterocycles. The third-order valence-electron chi connectivity index (χ3n) is 1.15. The number of ether oxygens (including phenoxy) is 1. The lowest BCUT2D eigenvalue weighted by Crippen LogP contribution is -2.18. The molecule has 0 radical (unpaired) electrons. The van der Waals surface area contributed by atoms with E-state index in [1.807, 2.05) is 0 Å². The summed E-state index contributed by atoms with van der Waals surface area (Å²) in [4.78, 5) is 2.92. The lowest BCUT2D eigenvalue weighted by Gasteiger charge is -2.08. The maximum absolute atomic E-state index is 12.7. The molecule has 0 N–H and O–H groups in total. The van der Waals surface area contributed by atoms with Gasteiger partial charge < -0.3 is 4.74 Å². The molecule has 0 atom stereocenters. The Kier molecular flexibility index (Phi) is 2.56. The Balaban J connectivity index is 2.97. The molecule has 0 unspecified atom stereocenters. The molecule has 0 saturated carbocycles. The summed E-state index contributed by atoms with van der Waals surface area (Å²) < 4.78 is 50.8. The fraction of sp³-hybridized carbons (Fsp3) is 0.143. The topological polar surface area (TPSA) is 45.9 Å². The highest BCUT2D eigenvalue weighted by Gasteiger charge is 2.32. The third kappa shape index (κ3) is 2.58. The molecule has 0 bridgehead atoms. The predicted octanol–water partition coefficient (Wildman–Crippen LogP) is 1.99. The lowest BCUT2D eigenvalue weighted by atomic mass is 10.3. The number of halogens is 4. The Bertz CT molecular complexity index is 382. The fourth-order valence-corrected chi connectivity index (χ4v) is 0.685. The second kappa shape index (κ2) is 3.49. The van der Waals surface area contributed by atoms with E-state index in [2.05, 4.69) is 9.72 Å². The van der Waals surface area contributed by atoms with E-state index in [-0.39, 0.29) is 5.69 Å².